The number of nitrogens with zero attached hydrogens (tertiary/aromatic N) is 2. The molecule has 0 aliphatic carbocycles. The third kappa shape index (κ3) is 4.45. The lowest BCUT2D eigenvalue weighted by Crippen LogP contribution is -2.41. The first-order chi connectivity index (χ1) is 12.4. The number of non-ortho nitro benzene ring substituents is 1. The summed E-state index contributed by atoms with van der Waals surface area (Å²) in [5.74, 6) is -0.559. The number of nitrogens with one attached hydrogen (secondary N) is 1. The fourth-order valence-electron chi connectivity index (χ4n) is 2.17. The second-order valence-corrected chi connectivity index (χ2v) is 7.06. The summed E-state index contributed by atoms with van der Waals surface area (Å²) < 4.78 is 26.8. The van der Waals surface area contributed by atoms with Gasteiger partial charge in [-0.3, -0.25) is 19.2 Å². The lowest BCUT2D eigenvalue weighted by Gasteiger charge is -2.23. The summed E-state index contributed by atoms with van der Waals surface area (Å²) in [4.78, 5) is 22.4. The van der Waals surface area contributed by atoms with E-state index in [1.54, 1.807) is 18.2 Å². The van der Waals surface area contributed by atoms with E-state index in [1.165, 1.54) is 36.4 Å². The third-order valence-electron chi connectivity index (χ3n) is 3.39. The molecule has 136 valence electrons. The number of hydrogen-bond donors (Lipinski definition) is 1. The number of rotatable bonds is 8. The normalized spacial score (nSPS) is 10.8. The molecule has 0 aliphatic rings. The minimum absolute atomic E-state index is 0.0248. The van der Waals surface area contributed by atoms with Gasteiger partial charge in [0.15, 0.2) is 0 Å². The lowest BCUT2D eigenvalue weighted by atomic mass is 10.3. The number of hydrogen-bond acceptors (Lipinski definition) is 5. The topological polar surface area (TPSA) is 110 Å². The van der Waals surface area contributed by atoms with Crippen LogP contribution in [0.2, 0.25) is 0 Å². The summed E-state index contributed by atoms with van der Waals surface area (Å²) in [5, 5.41) is 13.5. The molecule has 0 spiro atoms. The van der Waals surface area contributed by atoms with Crippen LogP contribution in [0, 0.1) is 10.1 Å². The Balaban J connectivity index is 2.49. The Morgan fingerprint density at radius 2 is 1.88 bits per heavy atom. The van der Waals surface area contributed by atoms with Gasteiger partial charge in [0.25, 0.3) is 15.7 Å². The molecule has 2 rings (SSSR count). The van der Waals surface area contributed by atoms with E-state index in [0.29, 0.717) is 0 Å². The first-order valence-electron chi connectivity index (χ1n) is 7.56. The van der Waals surface area contributed by atoms with Gasteiger partial charge >= 0.3 is 0 Å². The molecule has 9 heteroatoms. The van der Waals surface area contributed by atoms with Crippen LogP contribution < -0.4 is 9.62 Å². The van der Waals surface area contributed by atoms with Gasteiger partial charge in [-0.1, -0.05) is 30.3 Å². The minimum atomic E-state index is -4.09. The molecule has 0 bridgehead atoms. The van der Waals surface area contributed by atoms with Gasteiger partial charge in [0.05, 0.1) is 15.5 Å². The molecule has 26 heavy (non-hydrogen) atoms. The van der Waals surface area contributed by atoms with Crippen molar-refractivity contribution in [3.63, 3.8) is 0 Å². The molecule has 0 atom stereocenters. The summed E-state index contributed by atoms with van der Waals surface area (Å²) in [5.41, 5.74) is -0.251. The lowest BCUT2D eigenvalue weighted by molar-refractivity contribution is -0.384. The molecule has 1 N–H and O–H groups in total. The second kappa shape index (κ2) is 8.26. The van der Waals surface area contributed by atoms with Crippen molar-refractivity contribution in [1.29, 1.82) is 0 Å². The molecule has 0 fully saturated rings. The highest BCUT2D eigenvalue weighted by Crippen LogP contribution is 2.26. The first kappa shape index (κ1) is 19.1. The smallest absolute Gasteiger partial charge is 0.271 e. The summed E-state index contributed by atoms with van der Waals surface area (Å²) in [7, 11) is -4.09. The molecule has 0 aromatic heterocycles. The predicted octanol–water partition coefficient (Wildman–Crippen LogP) is 2.09. The Morgan fingerprint density at radius 1 is 1.19 bits per heavy atom. The Kier molecular flexibility index (Phi) is 6.07. The molecule has 0 saturated carbocycles. The number of amides is 1. The van der Waals surface area contributed by atoms with Gasteiger partial charge in [0.2, 0.25) is 5.91 Å². The van der Waals surface area contributed by atoms with Gasteiger partial charge in [-0.15, -0.1) is 6.58 Å². The van der Waals surface area contributed by atoms with Gasteiger partial charge < -0.3 is 5.32 Å². The Bertz CT molecular complexity index is 913. The monoisotopic (exact) mass is 375 g/mol. The number of carbonyl (C=O) groups excluding carboxylic acids is 1. The van der Waals surface area contributed by atoms with Crippen LogP contribution in [0.4, 0.5) is 11.4 Å². The average molecular weight is 375 g/mol. The number of anilines is 1. The Morgan fingerprint density at radius 3 is 2.50 bits per heavy atom. The number of sulfonamides is 1. The Labute approximate surface area is 151 Å². The zero-order chi connectivity index (χ0) is 19.2. The Hall–Kier alpha value is -3.20. The van der Waals surface area contributed by atoms with Crippen molar-refractivity contribution >= 4 is 27.3 Å². The maximum absolute atomic E-state index is 13.0. The van der Waals surface area contributed by atoms with Crippen molar-refractivity contribution in [3.05, 3.63) is 77.4 Å². The van der Waals surface area contributed by atoms with Crippen molar-refractivity contribution < 1.29 is 18.1 Å². The van der Waals surface area contributed by atoms with Crippen LogP contribution in [-0.2, 0) is 14.8 Å². The van der Waals surface area contributed by atoms with Crippen LogP contribution in [0.25, 0.3) is 0 Å². The van der Waals surface area contributed by atoms with Gasteiger partial charge in [0.1, 0.15) is 6.54 Å². The van der Waals surface area contributed by atoms with Gasteiger partial charge in [-0.05, 0) is 18.2 Å². The first-order valence-corrected chi connectivity index (χ1v) is 9.00. The van der Waals surface area contributed by atoms with Gasteiger partial charge in [0, 0.05) is 18.7 Å². The van der Waals surface area contributed by atoms with Crippen LogP contribution in [0.1, 0.15) is 0 Å². The van der Waals surface area contributed by atoms with E-state index >= 15 is 0 Å². The minimum Gasteiger partial charge on any atom is -0.351 e. The van der Waals surface area contributed by atoms with Crippen LogP contribution in [-0.4, -0.2) is 32.3 Å². The molecular formula is C17H17N3O5S. The standard InChI is InChI=1S/C17H17N3O5S/c1-2-11-18-17(21)13-19(14-7-6-8-15(12-14)20(22)23)26(24,25)16-9-4-3-5-10-16/h2-10,12H,1,11,13H2,(H,18,21). The summed E-state index contributed by atoms with van der Waals surface area (Å²) >= 11 is 0. The fourth-order valence-corrected chi connectivity index (χ4v) is 3.60. The van der Waals surface area contributed by atoms with Crippen LogP contribution in [0.3, 0.4) is 0 Å². The van der Waals surface area contributed by atoms with Crippen LogP contribution >= 0.6 is 0 Å². The molecule has 0 aliphatic heterocycles. The van der Waals surface area contributed by atoms with Gasteiger partial charge in [-0.2, -0.15) is 0 Å². The predicted molar refractivity (Wildman–Crippen MR) is 97.3 cm³/mol. The van der Waals surface area contributed by atoms with Gasteiger partial charge in [-0.25, -0.2) is 8.42 Å². The van der Waals surface area contributed by atoms with E-state index in [4.69, 9.17) is 0 Å². The van der Waals surface area contributed by atoms with E-state index in [2.05, 4.69) is 11.9 Å². The number of nitro groups is 1. The molecule has 0 heterocycles. The van der Waals surface area contributed by atoms with Crippen molar-refractivity contribution in [3.8, 4) is 0 Å². The zero-order valence-corrected chi connectivity index (χ0v) is 14.6. The van der Waals surface area contributed by atoms with Crippen LogP contribution in [0.15, 0.2) is 72.1 Å². The van der Waals surface area contributed by atoms with E-state index in [1.807, 2.05) is 0 Å². The van der Waals surface area contributed by atoms with Crippen molar-refractivity contribution in [2.24, 2.45) is 0 Å². The average Bonchev–Trinajstić information content (AvgIpc) is 2.65. The summed E-state index contributed by atoms with van der Waals surface area (Å²) in [6, 6.07) is 12.7. The molecular weight excluding hydrogens is 358 g/mol. The molecule has 2 aromatic carbocycles. The number of nitro benzene ring substituents is 1. The highest BCUT2D eigenvalue weighted by molar-refractivity contribution is 7.92. The number of carbonyl (C=O) groups is 1. The molecule has 2 aromatic rings. The maximum atomic E-state index is 13.0. The highest BCUT2D eigenvalue weighted by Gasteiger charge is 2.28. The molecule has 0 radical (unpaired) electrons. The zero-order valence-electron chi connectivity index (χ0n) is 13.7. The SMILES string of the molecule is C=CCNC(=O)CN(c1cccc([N+](=O)[O-])c1)S(=O)(=O)c1ccccc1. The third-order valence-corrected chi connectivity index (χ3v) is 5.18. The van der Waals surface area contributed by atoms with E-state index in [-0.39, 0.29) is 22.8 Å². The van der Waals surface area contributed by atoms with E-state index in [0.717, 1.165) is 10.4 Å². The molecule has 8 nitrogen and oxygen atoms in total. The van der Waals surface area contributed by atoms with E-state index < -0.39 is 27.4 Å². The fraction of sp³-hybridized carbons (Fsp3) is 0.118. The molecule has 0 unspecified atom stereocenters. The quantitative estimate of drug-likeness (QED) is 0.432. The number of benzene rings is 2. The largest absolute Gasteiger partial charge is 0.351 e. The maximum Gasteiger partial charge on any atom is 0.271 e. The van der Waals surface area contributed by atoms with Crippen LogP contribution in [0.5, 0.6) is 0 Å². The van der Waals surface area contributed by atoms with Crippen molar-refractivity contribution in [1.82, 2.24) is 5.32 Å². The van der Waals surface area contributed by atoms with E-state index in [9.17, 15) is 23.3 Å². The highest BCUT2D eigenvalue weighted by atomic mass is 32.2. The molecule has 1 amide bonds. The van der Waals surface area contributed by atoms with Crippen molar-refractivity contribution in [2.75, 3.05) is 17.4 Å². The summed E-state index contributed by atoms with van der Waals surface area (Å²) in [6.07, 6.45) is 1.46. The molecule has 0 saturated heterocycles. The summed E-state index contributed by atoms with van der Waals surface area (Å²) in [6.45, 7) is 3.13. The second-order valence-electron chi connectivity index (χ2n) is 5.19. The van der Waals surface area contributed by atoms with Crippen molar-refractivity contribution in [2.45, 2.75) is 4.90 Å².